The molecule has 8 heteroatoms. The summed E-state index contributed by atoms with van der Waals surface area (Å²) in [6, 6.07) is 12.6. The third-order valence-corrected chi connectivity index (χ3v) is 4.11. The topological polar surface area (TPSA) is 102 Å². The van der Waals surface area contributed by atoms with E-state index in [0.29, 0.717) is 29.2 Å². The first kappa shape index (κ1) is 15.9. The van der Waals surface area contributed by atoms with Crippen molar-refractivity contribution in [1.82, 2.24) is 15.0 Å². The lowest BCUT2D eigenvalue weighted by Crippen LogP contribution is -2.12. The Bertz CT molecular complexity index is 1070. The molecular formula is C18H15N5O3. The number of nitrogens with zero attached hydrogens (tertiary/aromatic N) is 5. The zero-order valence-corrected chi connectivity index (χ0v) is 14.0. The van der Waals surface area contributed by atoms with Gasteiger partial charge in [-0.25, -0.2) is 9.67 Å². The van der Waals surface area contributed by atoms with Crippen LogP contribution in [0.15, 0.2) is 52.4 Å². The van der Waals surface area contributed by atoms with Gasteiger partial charge in [0.15, 0.2) is 5.84 Å². The fourth-order valence-corrected chi connectivity index (χ4v) is 2.78. The van der Waals surface area contributed by atoms with Gasteiger partial charge in [-0.05, 0) is 30.3 Å². The van der Waals surface area contributed by atoms with E-state index in [2.05, 4.69) is 25.0 Å². The number of hydrogen-bond acceptors (Lipinski definition) is 7. The van der Waals surface area contributed by atoms with Gasteiger partial charge in [-0.2, -0.15) is 0 Å². The van der Waals surface area contributed by atoms with Crippen molar-refractivity contribution in [3.05, 3.63) is 53.6 Å². The van der Waals surface area contributed by atoms with Crippen molar-refractivity contribution in [3.8, 4) is 5.75 Å². The maximum absolute atomic E-state index is 11.4. The van der Waals surface area contributed by atoms with E-state index in [1.807, 2.05) is 30.3 Å². The summed E-state index contributed by atoms with van der Waals surface area (Å²) in [4.78, 5) is 20.4. The molecule has 1 aliphatic rings. The second-order valence-electron chi connectivity index (χ2n) is 5.74. The Morgan fingerprint density at radius 2 is 2.12 bits per heavy atom. The maximum atomic E-state index is 11.4. The average molecular weight is 349 g/mol. The van der Waals surface area contributed by atoms with Crippen molar-refractivity contribution in [3.63, 3.8) is 0 Å². The van der Waals surface area contributed by atoms with Gasteiger partial charge in [-0.3, -0.25) is 9.79 Å². The molecule has 0 unspecified atom stereocenters. The fourth-order valence-electron chi connectivity index (χ4n) is 2.78. The number of hydrogen-bond donors (Lipinski definition) is 1. The molecule has 4 rings (SSSR count). The minimum atomic E-state index is -0.391. The molecule has 1 aromatic heterocycles. The highest BCUT2D eigenvalue weighted by Crippen LogP contribution is 2.21. The van der Waals surface area contributed by atoms with E-state index in [1.54, 1.807) is 12.1 Å². The summed E-state index contributed by atoms with van der Waals surface area (Å²) < 4.78 is 6.14. The van der Waals surface area contributed by atoms with Crippen LogP contribution in [0.3, 0.4) is 0 Å². The number of carbonyl (C=O) groups excluding carboxylic acids is 1. The first-order valence-corrected chi connectivity index (χ1v) is 7.96. The van der Waals surface area contributed by atoms with Gasteiger partial charge in [0.2, 0.25) is 0 Å². The molecule has 0 aliphatic carbocycles. The van der Waals surface area contributed by atoms with Crippen molar-refractivity contribution in [2.45, 2.75) is 6.54 Å². The molecule has 0 bridgehead atoms. The number of amidine groups is 1. The van der Waals surface area contributed by atoms with Crippen LogP contribution in [0.1, 0.15) is 11.1 Å². The van der Waals surface area contributed by atoms with Crippen LogP contribution in [0.5, 0.6) is 5.75 Å². The van der Waals surface area contributed by atoms with Crippen molar-refractivity contribution < 1.29 is 14.6 Å². The van der Waals surface area contributed by atoms with Gasteiger partial charge >= 0.3 is 5.97 Å². The Balaban J connectivity index is 1.64. The molecule has 0 radical (unpaired) electrons. The predicted molar refractivity (Wildman–Crippen MR) is 95.6 cm³/mol. The van der Waals surface area contributed by atoms with Gasteiger partial charge in [-0.15, -0.1) is 5.10 Å². The standard InChI is InChI=1S/C18H15N5O3/c1-26-17(25)10-23-15-7-6-11(8-13(15)21-22-23)18-19-9-14(20-18)12-4-2-3-5-16(12)24/h2-8,24H,9-10H2,1H3. The van der Waals surface area contributed by atoms with E-state index in [0.717, 1.165) is 11.1 Å². The molecule has 0 spiro atoms. The average Bonchev–Trinajstić information content (AvgIpc) is 3.29. The Hall–Kier alpha value is -3.55. The number of rotatable bonds is 4. The summed E-state index contributed by atoms with van der Waals surface area (Å²) in [6.07, 6.45) is 0. The maximum Gasteiger partial charge on any atom is 0.327 e. The highest BCUT2D eigenvalue weighted by Gasteiger charge is 2.17. The molecule has 2 heterocycles. The van der Waals surface area contributed by atoms with Crippen LogP contribution in [0.4, 0.5) is 0 Å². The minimum absolute atomic E-state index is 0.00286. The number of fused-ring (bicyclic) bond motifs is 1. The molecule has 0 saturated carbocycles. The van der Waals surface area contributed by atoms with E-state index in [-0.39, 0.29) is 12.3 Å². The largest absolute Gasteiger partial charge is 0.507 e. The number of aromatic nitrogens is 3. The second-order valence-corrected chi connectivity index (χ2v) is 5.74. The van der Waals surface area contributed by atoms with Crippen molar-refractivity contribution in [2.75, 3.05) is 13.7 Å². The normalized spacial score (nSPS) is 13.6. The molecule has 3 aromatic rings. The SMILES string of the molecule is COC(=O)Cn1nnc2cc(C3=NCC(c4ccccc4O)=N3)ccc21. The van der Waals surface area contributed by atoms with Crippen molar-refractivity contribution >= 4 is 28.6 Å². The molecule has 2 aromatic carbocycles. The Morgan fingerprint density at radius 1 is 1.27 bits per heavy atom. The predicted octanol–water partition coefficient (Wildman–Crippen LogP) is 1.56. The monoisotopic (exact) mass is 349 g/mol. The van der Waals surface area contributed by atoms with Crippen LogP contribution in [0.25, 0.3) is 11.0 Å². The van der Waals surface area contributed by atoms with Crippen LogP contribution >= 0.6 is 0 Å². The number of phenolic OH excluding ortho intramolecular Hbond substituents is 1. The first-order chi connectivity index (χ1) is 12.7. The zero-order chi connectivity index (χ0) is 18.1. The highest BCUT2D eigenvalue weighted by atomic mass is 16.5. The molecule has 0 amide bonds. The van der Waals surface area contributed by atoms with Gasteiger partial charge < -0.3 is 9.84 Å². The van der Waals surface area contributed by atoms with Crippen LogP contribution < -0.4 is 0 Å². The number of aliphatic imine (C=N–C) groups is 2. The van der Waals surface area contributed by atoms with Gasteiger partial charge in [0, 0.05) is 11.1 Å². The Labute approximate surface area is 148 Å². The summed E-state index contributed by atoms with van der Waals surface area (Å²) in [7, 11) is 1.33. The smallest absolute Gasteiger partial charge is 0.327 e. The number of ether oxygens (including phenoxy) is 1. The van der Waals surface area contributed by atoms with E-state index < -0.39 is 5.97 Å². The first-order valence-electron chi connectivity index (χ1n) is 7.96. The second kappa shape index (κ2) is 6.40. The molecule has 0 saturated heterocycles. The van der Waals surface area contributed by atoms with E-state index in [4.69, 9.17) is 0 Å². The third kappa shape index (κ3) is 2.81. The summed E-state index contributed by atoms with van der Waals surface area (Å²) in [6.45, 7) is 0.406. The van der Waals surface area contributed by atoms with Crippen LogP contribution in [0.2, 0.25) is 0 Å². The zero-order valence-electron chi connectivity index (χ0n) is 14.0. The van der Waals surface area contributed by atoms with E-state index in [9.17, 15) is 9.90 Å². The highest BCUT2D eigenvalue weighted by molar-refractivity contribution is 6.18. The van der Waals surface area contributed by atoms with Gasteiger partial charge in [-0.1, -0.05) is 17.3 Å². The van der Waals surface area contributed by atoms with Crippen molar-refractivity contribution in [1.29, 1.82) is 0 Å². The third-order valence-electron chi connectivity index (χ3n) is 4.11. The minimum Gasteiger partial charge on any atom is -0.507 e. The lowest BCUT2D eigenvalue weighted by molar-refractivity contribution is -0.141. The number of carbonyl (C=O) groups is 1. The lowest BCUT2D eigenvalue weighted by Gasteiger charge is -2.02. The van der Waals surface area contributed by atoms with E-state index >= 15 is 0 Å². The molecule has 1 aliphatic heterocycles. The lowest BCUT2D eigenvalue weighted by atomic mass is 10.1. The number of aromatic hydroxyl groups is 1. The summed E-state index contributed by atoms with van der Waals surface area (Å²) in [5.41, 5.74) is 3.56. The number of phenols is 1. The molecule has 8 nitrogen and oxygen atoms in total. The van der Waals surface area contributed by atoms with Gasteiger partial charge in [0.25, 0.3) is 0 Å². The fraction of sp³-hybridized carbons (Fsp3) is 0.167. The Kier molecular flexibility index (Phi) is 3.92. The molecule has 1 N–H and O–H groups in total. The quantitative estimate of drug-likeness (QED) is 0.720. The summed E-state index contributed by atoms with van der Waals surface area (Å²) in [5.74, 6) is 0.370. The number of para-hydroxylation sites is 1. The number of benzene rings is 2. The summed E-state index contributed by atoms with van der Waals surface area (Å²) >= 11 is 0. The van der Waals surface area contributed by atoms with Crippen molar-refractivity contribution in [2.24, 2.45) is 9.98 Å². The Morgan fingerprint density at radius 3 is 2.92 bits per heavy atom. The molecule has 0 atom stereocenters. The summed E-state index contributed by atoms with van der Waals surface area (Å²) in [5, 5.41) is 18.0. The van der Waals surface area contributed by atoms with E-state index in [1.165, 1.54) is 11.8 Å². The number of methoxy groups -OCH3 is 1. The molecule has 26 heavy (non-hydrogen) atoms. The number of esters is 1. The van der Waals surface area contributed by atoms with Crippen LogP contribution in [0, 0.1) is 0 Å². The van der Waals surface area contributed by atoms with Crippen LogP contribution in [-0.2, 0) is 16.1 Å². The van der Waals surface area contributed by atoms with Gasteiger partial charge in [0.05, 0.1) is 24.9 Å². The van der Waals surface area contributed by atoms with Gasteiger partial charge in [0.1, 0.15) is 17.8 Å². The molecular weight excluding hydrogens is 334 g/mol. The molecule has 0 fully saturated rings. The molecule has 130 valence electrons. The van der Waals surface area contributed by atoms with Crippen LogP contribution in [-0.4, -0.2) is 51.3 Å².